The van der Waals surface area contributed by atoms with Gasteiger partial charge in [0, 0.05) is 24.6 Å². The third-order valence-corrected chi connectivity index (χ3v) is 4.25. The van der Waals surface area contributed by atoms with Crippen LogP contribution < -0.4 is 4.90 Å². The van der Waals surface area contributed by atoms with Crippen molar-refractivity contribution in [3.05, 3.63) is 23.9 Å². The second-order valence-electron chi connectivity index (χ2n) is 4.88. The Morgan fingerprint density at radius 1 is 1.35 bits per heavy atom. The molecule has 1 aromatic rings. The highest BCUT2D eigenvalue weighted by atomic mass is 79.9. The van der Waals surface area contributed by atoms with Crippen LogP contribution in [0.1, 0.15) is 38.2 Å². The Labute approximate surface area is 113 Å². The van der Waals surface area contributed by atoms with Gasteiger partial charge in [0.1, 0.15) is 5.82 Å². The molecule has 0 spiro atoms. The minimum Gasteiger partial charge on any atom is -0.357 e. The van der Waals surface area contributed by atoms with E-state index in [9.17, 15) is 0 Å². The number of alkyl halides is 1. The SMILES string of the molecule is CCCC1CCN(c2ccc(CBr)cn2)CC1. The average Bonchev–Trinajstić information content (AvgIpc) is 2.40. The molecule has 0 unspecified atom stereocenters. The van der Waals surface area contributed by atoms with Crippen molar-refractivity contribution < 1.29 is 0 Å². The molecule has 1 aliphatic rings. The molecular weight excluding hydrogens is 276 g/mol. The summed E-state index contributed by atoms with van der Waals surface area (Å²) in [7, 11) is 0. The molecule has 0 N–H and O–H groups in total. The molecule has 0 amide bonds. The lowest BCUT2D eigenvalue weighted by molar-refractivity contribution is 0.377. The van der Waals surface area contributed by atoms with Crippen LogP contribution in [0.15, 0.2) is 18.3 Å². The van der Waals surface area contributed by atoms with E-state index in [0.717, 1.165) is 17.1 Å². The van der Waals surface area contributed by atoms with Crippen LogP contribution in [0, 0.1) is 5.92 Å². The predicted molar refractivity (Wildman–Crippen MR) is 76.7 cm³/mol. The van der Waals surface area contributed by atoms with Crippen molar-refractivity contribution >= 4 is 21.7 Å². The van der Waals surface area contributed by atoms with Crippen molar-refractivity contribution in [2.24, 2.45) is 5.92 Å². The van der Waals surface area contributed by atoms with Crippen molar-refractivity contribution in [2.75, 3.05) is 18.0 Å². The van der Waals surface area contributed by atoms with Crippen LogP contribution in [-0.4, -0.2) is 18.1 Å². The number of pyridine rings is 1. The van der Waals surface area contributed by atoms with E-state index in [-0.39, 0.29) is 0 Å². The Kier molecular flexibility index (Phi) is 4.84. The van der Waals surface area contributed by atoms with E-state index in [1.165, 1.54) is 44.3 Å². The van der Waals surface area contributed by atoms with Gasteiger partial charge in [-0.05, 0) is 30.4 Å². The zero-order valence-electron chi connectivity index (χ0n) is 10.5. The topological polar surface area (TPSA) is 16.1 Å². The fraction of sp³-hybridized carbons (Fsp3) is 0.643. The fourth-order valence-electron chi connectivity index (χ4n) is 2.54. The average molecular weight is 297 g/mol. The van der Waals surface area contributed by atoms with Crippen molar-refractivity contribution in [1.82, 2.24) is 4.98 Å². The second kappa shape index (κ2) is 6.39. The first kappa shape index (κ1) is 12.9. The van der Waals surface area contributed by atoms with Crippen LogP contribution in [0.5, 0.6) is 0 Å². The van der Waals surface area contributed by atoms with Gasteiger partial charge in [0.25, 0.3) is 0 Å². The number of aromatic nitrogens is 1. The third kappa shape index (κ3) is 3.44. The quantitative estimate of drug-likeness (QED) is 0.781. The van der Waals surface area contributed by atoms with Crippen LogP contribution in [0.3, 0.4) is 0 Å². The molecule has 2 rings (SSSR count). The Hall–Kier alpha value is -0.570. The molecule has 0 aromatic carbocycles. The highest BCUT2D eigenvalue weighted by molar-refractivity contribution is 9.08. The summed E-state index contributed by atoms with van der Waals surface area (Å²) in [5.41, 5.74) is 1.25. The summed E-state index contributed by atoms with van der Waals surface area (Å²) in [5.74, 6) is 2.09. The number of piperidine rings is 1. The van der Waals surface area contributed by atoms with E-state index in [1.54, 1.807) is 0 Å². The van der Waals surface area contributed by atoms with Gasteiger partial charge in [0.05, 0.1) is 0 Å². The van der Waals surface area contributed by atoms with Crippen molar-refractivity contribution in [2.45, 2.75) is 37.9 Å². The van der Waals surface area contributed by atoms with E-state index >= 15 is 0 Å². The zero-order chi connectivity index (χ0) is 12.1. The van der Waals surface area contributed by atoms with E-state index in [1.807, 2.05) is 6.20 Å². The lowest BCUT2D eigenvalue weighted by Crippen LogP contribution is -2.34. The number of hydrogen-bond acceptors (Lipinski definition) is 2. The van der Waals surface area contributed by atoms with E-state index in [0.29, 0.717) is 0 Å². The maximum Gasteiger partial charge on any atom is 0.128 e. The predicted octanol–water partition coefficient (Wildman–Crippen LogP) is 3.99. The van der Waals surface area contributed by atoms with Gasteiger partial charge in [-0.25, -0.2) is 4.98 Å². The molecule has 2 nitrogen and oxygen atoms in total. The van der Waals surface area contributed by atoms with Gasteiger partial charge in [0.2, 0.25) is 0 Å². The number of halogens is 1. The molecule has 0 radical (unpaired) electrons. The smallest absolute Gasteiger partial charge is 0.128 e. The maximum atomic E-state index is 4.54. The molecule has 0 bridgehead atoms. The van der Waals surface area contributed by atoms with E-state index in [4.69, 9.17) is 0 Å². The van der Waals surface area contributed by atoms with Gasteiger partial charge in [-0.15, -0.1) is 0 Å². The molecule has 94 valence electrons. The molecule has 17 heavy (non-hydrogen) atoms. The van der Waals surface area contributed by atoms with Crippen LogP contribution in [0.4, 0.5) is 5.82 Å². The summed E-state index contributed by atoms with van der Waals surface area (Å²) in [6.45, 7) is 4.63. The molecule has 2 heterocycles. The Morgan fingerprint density at radius 3 is 2.65 bits per heavy atom. The van der Waals surface area contributed by atoms with Gasteiger partial charge in [-0.2, -0.15) is 0 Å². The summed E-state index contributed by atoms with van der Waals surface area (Å²) in [6, 6.07) is 4.31. The molecule has 3 heteroatoms. The summed E-state index contributed by atoms with van der Waals surface area (Å²) in [4.78, 5) is 6.96. The molecule has 1 aromatic heterocycles. The van der Waals surface area contributed by atoms with Crippen molar-refractivity contribution in [3.8, 4) is 0 Å². The molecular formula is C14H21BrN2. The largest absolute Gasteiger partial charge is 0.357 e. The first-order chi connectivity index (χ1) is 8.33. The summed E-state index contributed by atoms with van der Waals surface area (Å²) in [5, 5.41) is 0.888. The highest BCUT2D eigenvalue weighted by Crippen LogP contribution is 2.24. The number of rotatable bonds is 4. The number of anilines is 1. The van der Waals surface area contributed by atoms with Crippen LogP contribution in [-0.2, 0) is 5.33 Å². The fourth-order valence-corrected chi connectivity index (χ4v) is 2.87. The molecule has 0 saturated carbocycles. The second-order valence-corrected chi connectivity index (χ2v) is 5.44. The molecule has 0 atom stereocenters. The van der Waals surface area contributed by atoms with Gasteiger partial charge < -0.3 is 4.90 Å². The van der Waals surface area contributed by atoms with E-state index in [2.05, 4.69) is 44.9 Å². The number of hydrogen-bond donors (Lipinski definition) is 0. The first-order valence-electron chi connectivity index (χ1n) is 6.59. The standard InChI is InChI=1S/C14H21BrN2/c1-2-3-12-6-8-17(9-7-12)14-5-4-13(10-15)11-16-14/h4-5,11-12H,2-3,6-10H2,1H3. The van der Waals surface area contributed by atoms with Crippen molar-refractivity contribution in [1.29, 1.82) is 0 Å². The van der Waals surface area contributed by atoms with Crippen LogP contribution >= 0.6 is 15.9 Å². The first-order valence-corrected chi connectivity index (χ1v) is 7.71. The van der Waals surface area contributed by atoms with Crippen LogP contribution in [0.2, 0.25) is 0 Å². The summed E-state index contributed by atoms with van der Waals surface area (Å²) in [6.07, 6.45) is 7.35. The Bertz CT molecular complexity index is 329. The van der Waals surface area contributed by atoms with Gasteiger partial charge in [-0.1, -0.05) is 41.8 Å². The summed E-state index contributed by atoms with van der Waals surface area (Å²) >= 11 is 3.45. The molecule has 1 fully saturated rings. The molecule has 1 saturated heterocycles. The lowest BCUT2D eigenvalue weighted by atomic mass is 9.92. The van der Waals surface area contributed by atoms with Gasteiger partial charge >= 0.3 is 0 Å². The zero-order valence-corrected chi connectivity index (χ0v) is 12.1. The Balaban J connectivity index is 1.91. The Morgan fingerprint density at radius 2 is 2.12 bits per heavy atom. The summed E-state index contributed by atoms with van der Waals surface area (Å²) < 4.78 is 0. The lowest BCUT2D eigenvalue weighted by Gasteiger charge is -2.32. The van der Waals surface area contributed by atoms with Gasteiger partial charge in [-0.3, -0.25) is 0 Å². The van der Waals surface area contributed by atoms with Crippen molar-refractivity contribution in [3.63, 3.8) is 0 Å². The minimum atomic E-state index is 0.888. The van der Waals surface area contributed by atoms with Gasteiger partial charge in [0.15, 0.2) is 0 Å². The molecule has 1 aliphatic heterocycles. The van der Waals surface area contributed by atoms with E-state index < -0.39 is 0 Å². The minimum absolute atomic E-state index is 0.888. The van der Waals surface area contributed by atoms with Crippen LogP contribution in [0.25, 0.3) is 0 Å². The highest BCUT2D eigenvalue weighted by Gasteiger charge is 2.19. The molecule has 0 aliphatic carbocycles. The normalized spacial score (nSPS) is 17.4. The monoisotopic (exact) mass is 296 g/mol. The third-order valence-electron chi connectivity index (χ3n) is 3.60. The number of nitrogens with zero attached hydrogens (tertiary/aromatic N) is 2. The maximum absolute atomic E-state index is 4.54.